The van der Waals surface area contributed by atoms with E-state index in [-0.39, 0.29) is 17.8 Å². The lowest BCUT2D eigenvalue weighted by atomic mass is 9.99. The number of nitrogens with zero attached hydrogens (tertiary/aromatic N) is 4. The number of carbonyl (C=O) groups excluding carboxylic acids is 1. The van der Waals surface area contributed by atoms with Gasteiger partial charge in [-0.15, -0.1) is 0 Å². The number of carbonyl (C=O) groups is 1. The molecule has 2 aliphatic heterocycles. The number of pyridine rings is 1. The molecular formula is C22H27FN4O. The lowest BCUT2D eigenvalue weighted by Crippen LogP contribution is -2.55. The first-order chi connectivity index (χ1) is 13.5. The quantitative estimate of drug-likeness (QED) is 0.818. The van der Waals surface area contributed by atoms with Crippen molar-refractivity contribution in [1.29, 1.82) is 0 Å². The standard InChI is InChI=1S/C22H27FN4O/c1-16-5-7-20-18(12-16)4-3-9-27(20)22(28)15-25-10-11-26(17(2)14-25)21-8-6-19(23)13-24-21/h5-8,12-13,17H,3-4,9-11,14-15H2,1-2H3. The average molecular weight is 382 g/mol. The van der Waals surface area contributed by atoms with Gasteiger partial charge in [-0.25, -0.2) is 9.37 Å². The number of fused-ring (bicyclic) bond motifs is 1. The van der Waals surface area contributed by atoms with Crippen LogP contribution in [-0.4, -0.2) is 54.6 Å². The highest BCUT2D eigenvalue weighted by atomic mass is 19.1. The zero-order valence-corrected chi connectivity index (χ0v) is 16.6. The molecule has 148 valence electrons. The van der Waals surface area contributed by atoms with Crippen LogP contribution in [0.2, 0.25) is 0 Å². The van der Waals surface area contributed by atoms with E-state index < -0.39 is 0 Å². The van der Waals surface area contributed by atoms with Crippen molar-refractivity contribution in [3.63, 3.8) is 0 Å². The van der Waals surface area contributed by atoms with Gasteiger partial charge in [0.2, 0.25) is 5.91 Å². The molecule has 1 aromatic heterocycles. The zero-order valence-electron chi connectivity index (χ0n) is 16.6. The van der Waals surface area contributed by atoms with Gasteiger partial charge in [-0.3, -0.25) is 9.69 Å². The third-order valence-electron chi connectivity index (χ3n) is 5.73. The fraction of sp³-hybridized carbons (Fsp3) is 0.455. The second-order valence-corrected chi connectivity index (χ2v) is 7.89. The van der Waals surface area contributed by atoms with Crippen molar-refractivity contribution in [3.05, 3.63) is 53.5 Å². The normalized spacial score (nSPS) is 20.2. The molecule has 0 saturated carbocycles. The molecular weight excluding hydrogens is 355 g/mol. The number of rotatable bonds is 3. The van der Waals surface area contributed by atoms with Gasteiger partial charge < -0.3 is 9.80 Å². The van der Waals surface area contributed by atoms with Crippen LogP contribution in [0.1, 0.15) is 24.5 Å². The topological polar surface area (TPSA) is 39.7 Å². The van der Waals surface area contributed by atoms with Crippen LogP contribution < -0.4 is 9.80 Å². The number of amides is 1. The summed E-state index contributed by atoms with van der Waals surface area (Å²) < 4.78 is 13.1. The molecule has 1 saturated heterocycles. The maximum absolute atomic E-state index is 13.1. The van der Waals surface area contributed by atoms with E-state index in [4.69, 9.17) is 0 Å². The fourth-order valence-corrected chi connectivity index (χ4v) is 4.32. The summed E-state index contributed by atoms with van der Waals surface area (Å²) in [6, 6.07) is 9.75. The maximum atomic E-state index is 13.1. The van der Waals surface area contributed by atoms with Crippen LogP contribution in [0.3, 0.4) is 0 Å². The van der Waals surface area contributed by atoms with Crippen LogP contribution in [0.15, 0.2) is 36.5 Å². The molecule has 1 amide bonds. The molecule has 0 bridgehead atoms. The van der Waals surface area contributed by atoms with Gasteiger partial charge in [-0.05, 0) is 50.5 Å². The van der Waals surface area contributed by atoms with Gasteiger partial charge in [-0.1, -0.05) is 17.7 Å². The second kappa shape index (κ2) is 7.87. The molecule has 28 heavy (non-hydrogen) atoms. The minimum absolute atomic E-state index is 0.172. The van der Waals surface area contributed by atoms with Gasteiger partial charge >= 0.3 is 0 Å². The number of piperazine rings is 1. The van der Waals surface area contributed by atoms with Crippen molar-refractivity contribution < 1.29 is 9.18 Å². The summed E-state index contributed by atoms with van der Waals surface area (Å²) in [6.07, 6.45) is 3.32. The lowest BCUT2D eigenvalue weighted by molar-refractivity contribution is -0.120. The van der Waals surface area contributed by atoms with Crippen LogP contribution in [0.4, 0.5) is 15.9 Å². The summed E-state index contributed by atoms with van der Waals surface area (Å²) in [5, 5.41) is 0. The molecule has 1 fully saturated rings. The van der Waals surface area contributed by atoms with E-state index in [1.807, 2.05) is 4.90 Å². The number of aryl methyl sites for hydroxylation is 2. The largest absolute Gasteiger partial charge is 0.351 e. The molecule has 3 heterocycles. The Labute approximate surface area is 165 Å². The molecule has 1 atom stereocenters. The minimum Gasteiger partial charge on any atom is -0.351 e. The summed E-state index contributed by atoms with van der Waals surface area (Å²) in [5.41, 5.74) is 3.59. The monoisotopic (exact) mass is 382 g/mol. The van der Waals surface area contributed by atoms with Gasteiger partial charge in [0.25, 0.3) is 0 Å². The van der Waals surface area contributed by atoms with Crippen molar-refractivity contribution in [3.8, 4) is 0 Å². The molecule has 0 N–H and O–H groups in total. The van der Waals surface area contributed by atoms with Gasteiger partial charge in [0.05, 0.1) is 12.7 Å². The minimum atomic E-state index is -0.322. The first-order valence-electron chi connectivity index (χ1n) is 10.0. The van der Waals surface area contributed by atoms with Crippen molar-refractivity contribution in [2.24, 2.45) is 0 Å². The molecule has 0 radical (unpaired) electrons. The second-order valence-electron chi connectivity index (χ2n) is 7.89. The summed E-state index contributed by atoms with van der Waals surface area (Å²) in [4.78, 5) is 23.6. The Morgan fingerprint density at radius 1 is 1.21 bits per heavy atom. The highest BCUT2D eigenvalue weighted by Crippen LogP contribution is 2.28. The summed E-state index contributed by atoms with van der Waals surface area (Å²) in [7, 11) is 0. The van der Waals surface area contributed by atoms with E-state index in [0.717, 1.165) is 50.5 Å². The summed E-state index contributed by atoms with van der Waals surface area (Å²) in [6.45, 7) is 7.82. The van der Waals surface area contributed by atoms with E-state index in [1.165, 1.54) is 23.4 Å². The third kappa shape index (κ3) is 3.87. The number of anilines is 2. The van der Waals surface area contributed by atoms with Crippen molar-refractivity contribution >= 4 is 17.4 Å². The Morgan fingerprint density at radius 2 is 2.07 bits per heavy atom. The van der Waals surface area contributed by atoms with Gasteiger partial charge in [0.15, 0.2) is 0 Å². The first kappa shape index (κ1) is 18.9. The van der Waals surface area contributed by atoms with Crippen LogP contribution in [-0.2, 0) is 11.2 Å². The Kier molecular flexibility index (Phi) is 5.31. The smallest absolute Gasteiger partial charge is 0.241 e. The van der Waals surface area contributed by atoms with E-state index in [1.54, 1.807) is 6.07 Å². The molecule has 6 heteroatoms. The number of hydrogen-bond donors (Lipinski definition) is 0. The summed E-state index contributed by atoms with van der Waals surface area (Å²) >= 11 is 0. The van der Waals surface area contributed by atoms with E-state index >= 15 is 0 Å². The number of halogens is 1. The highest BCUT2D eigenvalue weighted by Gasteiger charge is 2.29. The van der Waals surface area contributed by atoms with Crippen molar-refractivity contribution in [2.45, 2.75) is 32.7 Å². The van der Waals surface area contributed by atoms with Gasteiger partial charge in [0.1, 0.15) is 11.6 Å². The van der Waals surface area contributed by atoms with Crippen molar-refractivity contribution in [1.82, 2.24) is 9.88 Å². The Bertz CT molecular complexity index is 854. The zero-order chi connectivity index (χ0) is 19.7. The van der Waals surface area contributed by atoms with Gasteiger partial charge in [-0.2, -0.15) is 0 Å². The van der Waals surface area contributed by atoms with Gasteiger partial charge in [0, 0.05) is 37.9 Å². The van der Waals surface area contributed by atoms with Crippen LogP contribution in [0.5, 0.6) is 0 Å². The molecule has 0 aliphatic carbocycles. The van der Waals surface area contributed by atoms with Crippen LogP contribution in [0.25, 0.3) is 0 Å². The van der Waals surface area contributed by atoms with E-state index in [0.29, 0.717) is 6.54 Å². The maximum Gasteiger partial charge on any atom is 0.241 e. The predicted molar refractivity (Wildman–Crippen MR) is 109 cm³/mol. The molecule has 1 unspecified atom stereocenters. The Balaban J connectivity index is 1.40. The van der Waals surface area contributed by atoms with E-state index in [9.17, 15) is 9.18 Å². The Morgan fingerprint density at radius 3 is 2.82 bits per heavy atom. The molecule has 2 aliphatic rings. The lowest BCUT2D eigenvalue weighted by Gasteiger charge is -2.41. The van der Waals surface area contributed by atoms with Crippen LogP contribution >= 0.6 is 0 Å². The molecule has 2 aromatic rings. The Hall–Kier alpha value is -2.47. The van der Waals surface area contributed by atoms with E-state index in [2.05, 4.69) is 46.8 Å². The molecule has 1 aromatic carbocycles. The number of benzene rings is 1. The highest BCUT2D eigenvalue weighted by molar-refractivity contribution is 5.96. The molecule has 0 spiro atoms. The number of aromatic nitrogens is 1. The van der Waals surface area contributed by atoms with Crippen LogP contribution in [0, 0.1) is 12.7 Å². The fourth-order valence-electron chi connectivity index (χ4n) is 4.32. The molecule has 4 rings (SSSR count). The molecule has 5 nitrogen and oxygen atoms in total. The average Bonchev–Trinajstić information content (AvgIpc) is 2.68. The first-order valence-corrected chi connectivity index (χ1v) is 10.0. The predicted octanol–water partition coefficient (Wildman–Crippen LogP) is 3.02. The number of hydrogen-bond acceptors (Lipinski definition) is 4. The van der Waals surface area contributed by atoms with Crippen molar-refractivity contribution in [2.75, 3.05) is 42.5 Å². The third-order valence-corrected chi connectivity index (χ3v) is 5.73. The summed E-state index contributed by atoms with van der Waals surface area (Å²) in [5.74, 6) is 0.642. The SMILES string of the molecule is Cc1ccc2c(c1)CCCN2C(=O)CN1CCN(c2ccc(F)cn2)C(C)C1.